The van der Waals surface area contributed by atoms with E-state index in [9.17, 15) is 23.1 Å². The van der Waals surface area contributed by atoms with Crippen molar-refractivity contribution in [2.24, 2.45) is 0 Å². The molecule has 7 heteroatoms. The van der Waals surface area contributed by atoms with Crippen LogP contribution in [0.15, 0.2) is 51.7 Å². The highest BCUT2D eigenvalue weighted by molar-refractivity contribution is 5.85. The van der Waals surface area contributed by atoms with Gasteiger partial charge in [-0.25, -0.2) is 4.79 Å². The molecule has 2 N–H and O–H groups in total. The van der Waals surface area contributed by atoms with Crippen LogP contribution in [0.2, 0.25) is 0 Å². The molecule has 0 atom stereocenters. The molecular weight excluding hydrogens is 335 g/mol. The molecule has 0 bridgehead atoms. The van der Waals surface area contributed by atoms with Crippen LogP contribution in [-0.2, 0) is 12.7 Å². The van der Waals surface area contributed by atoms with E-state index in [4.69, 9.17) is 4.42 Å². The van der Waals surface area contributed by atoms with Crippen molar-refractivity contribution in [3.8, 4) is 5.75 Å². The van der Waals surface area contributed by atoms with Crippen LogP contribution in [0.4, 0.5) is 18.9 Å². The van der Waals surface area contributed by atoms with Gasteiger partial charge in [0.05, 0.1) is 5.56 Å². The fourth-order valence-electron chi connectivity index (χ4n) is 2.56. The molecule has 25 heavy (non-hydrogen) atoms. The van der Waals surface area contributed by atoms with E-state index in [1.807, 2.05) is 0 Å². The highest BCUT2D eigenvalue weighted by Gasteiger charge is 2.30. The normalized spacial score (nSPS) is 11.7. The molecule has 0 amide bonds. The summed E-state index contributed by atoms with van der Waals surface area (Å²) >= 11 is 0. The first-order valence-corrected chi connectivity index (χ1v) is 7.42. The molecule has 0 fully saturated rings. The number of anilines is 1. The van der Waals surface area contributed by atoms with Gasteiger partial charge in [0.1, 0.15) is 11.3 Å². The summed E-state index contributed by atoms with van der Waals surface area (Å²) in [7, 11) is 0. The summed E-state index contributed by atoms with van der Waals surface area (Å²) in [6.45, 7) is 1.75. The number of hydrogen-bond acceptors (Lipinski definition) is 4. The number of phenolic OH excluding ortho intramolecular Hbond substituents is 1. The Hall–Kier alpha value is -2.96. The molecule has 4 nitrogen and oxygen atoms in total. The summed E-state index contributed by atoms with van der Waals surface area (Å²) in [5, 5.41) is 13.2. The Kier molecular flexibility index (Phi) is 4.16. The summed E-state index contributed by atoms with van der Waals surface area (Å²) < 4.78 is 43.4. The van der Waals surface area contributed by atoms with Gasteiger partial charge in [-0.15, -0.1) is 0 Å². The van der Waals surface area contributed by atoms with E-state index in [0.717, 1.165) is 12.1 Å². The Morgan fingerprint density at radius 2 is 1.92 bits per heavy atom. The average Bonchev–Trinajstić information content (AvgIpc) is 2.56. The van der Waals surface area contributed by atoms with Crippen LogP contribution in [0, 0.1) is 6.92 Å². The van der Waals surface area contributed by atoms with Gasteiger partial charge in [-0.05, 0) is 42.8 Å². The lowest BCUT2D eigenvalue weighted by atomic mass is 10.1. The molecule has 0 saturated heterocycles. The van der Waals surface area contributed by atoms with Gasteiger partial charge in [0.25, 0.3) is 0 Å². The van der Waals surface area contributed by atoms with E-state index in [1.54, 1.807) is 13.0 Å². The maximum Gasteiger partial charge on any atom is 0.416 e. The molecule has 0 spiro atoms. The van der Waals surface area contributed by atoms with E-state index >= 15 is 0 Å². The quantitative estimate of drug-likeness (QED) is 0.687. The minimum atomic E-state index is -4.42. The van der Waals surface area contributed by atoms with Crippen LogP contribution in [-0.4, -0.2) is 5.11 Å². The van der Waals surface area contributed by atoms with Gasteiger partial charge < -0.3 is 14.8 Å². The topological polar surface area (TPSA) is 62.5 Å². The van der Waals surface area contributed by atoms with Crippen LogP contribution in [0.25, 0.3) is 11.0 Å². The molecule has 3 aromatic rings. The zero-order valence-electron chi connectivity index (χ0n) is 13.1. The van der Waals surface area contributed by atoms with Crippen LogP contribution >= 0.6 is 0 Å². The molecule has 3 rings (SSSR count). The molecule has 0 aliphatic heterocycles. The summed E-state index contributed by atoms with van der Waals surface area (Å²) in [5.41, 5.74) is 0.181. The third-order valence-electron chi connectivity index (χ3n) is 3.89. The third-order valence-corrected chi connectivity index (χ3v) is 3.89. The number of aromatic hydroxyl groups is 1. The van der Waals surface area contributed by atoms with Crippen molar-refractivity contribution < 1.29 is 22.7 Å². The number of benzene rings is 2. The summed E-state index contributed by atoms with van der Waals surface area (Å²) in [6.07, 6.45) is -4.42. The molecule has 0 unspecified atom stereocenters. The number of phenols is 1. The zero-order valence-corrected chi connectivity index (χ0v) is 13.1. The van der Waals surface area contributed by atoms with Gasteiger partial charge in [-0.1, -0.05) is 6.07 Å². The number of alkyl halides is 3. The van der Waals surface area contributed by atoms with Crippen molar-refractivity contribution in [1.29, 1.82) is 0 Å². The smallest absolute Gasteiger partial charge is 0.416 e. The minimum Gasteiger partial charge on any atom is -0.508 e. The lowest BCUT2D eigenvalue weighted by Gasteiger charge is -2.12. The van der Waals surface area contributed by atoms with Gasteiger partial charge in [-0.2, -0.15) is 13.2 Å². The maximum absolute atomic E-state index is 12.8. The van der Waals surface area contributed by atoms with E-state index in [-0.39, 0.29) is 23.6 Å². The standard InChI is InChI=1S/C18H14F3NO3/c1-10-15(23)6-5-14-11(7-16(24)25-17(10)14)9-22-13-4-2-3-12(8-13)18(19,20)21/h2-8,22-23H,9H2,1H3. The number of hydrogen-bond donors (Lipinski definition) is 2. The summed E-state index contributed by atoms with van der Waals surface area (Å²) in [5.74, 6) is -0.00126. The molecular formula is C18H14F3NO3. The first-order valence-electron chi connectivity index (χ1n) is 7.42. The molecule has 0 radical (unpaired) electrons. The fourth-order valence-corrected chi connectivity index (χ4v) is 2.56. The molecule has 1 heterocycles. The number of nitrogens with one attached hydrogen (secondary N) is 1. The number of rotatable bonds is 3. The first kappa shape index (κ1) is 16.9. The fraction of sp³-hybridized carbons (Fsp3) is 0.167. The number of aryl methyl sites for hydroxylation is 1. The maximum atomic E-state index is 12.8. The van der Waals surface area contributed by atoms with Crippen LogP contribution in [0.3, 0.4) is 0 Å². The minimum absolute atomic E-state index is 0.00126. The third kappa shape index (κ3) is 3.45. The monoisotopic (exact) mass is 349 g/mol. The van der Waals surface area contributed by atoms with Crippen molar-refractivity contribution in [2.45, 2.75) is 19.6 Å². The van der Waals surface area contributed by atoms with Crippen molar-refractivity contribution in [1.82, 2.24) is 0 Å². The Morgan fingerprint density at radius 3 is 2.64 bits per heavy atom. The average molecular weight is 349 g/mol. The Labute approximate surface area is 140 Å². The summed E-state index contributed by atoms with van der Waals surface area (Å²) in [4.78, 5) is 11.7. The van der Waals surface area contributed by atoms with E-state index < -0.39 is 17.4 Å². The Morgan fingerprint density at radius 1 is 1.16 bits per heavy atom. The highest BCUT2D eigenvalue weighted by atomic mass is 19.4. The van der Waals surface area contributed by atoms with Gasteiger partial charge in [-0.3, -0.25) is 0 Å². The second kappa shape index (κ2) is 6.16. The predicted molar refractivity (Wildman–Crippen MR) is 87.7 cm³/mol. The second-order valence-corrected chi connectivity index (χ2v) is 5.61. The largest absolute Gasteiger partial charge is 0.508 e. The summed E-state index contributed by atoms with van der Waals surface area (Å²) in [6, 6.07) is 9.17. The van der Waals surface area contributed by atoms with Gasteiger partial charge in [0.15, 0.2) is 0 Å². The molecule has 0 aliphatic rings. The van der Waals surface area contributed by atoms with E-state index in [0.29, 0.717) is 16.5 Å². The Bertz CT molecular complexity index is 993. The van der Waals surface area contributed by atoms with Gasteiger partial charge >= 0.3 is 11.8 Å². The lowest BCUT2D eigenvalue weighted by Crippen LogP contribution is -2.08. The molecule has 0 aliphatic carbocycles. The van der Waals surface area contributed by atoms with Crippen molar-refractivity contribution >= 4 is 16.7 Å². The predicted octanol–water partition coefficient (Wildman–Crippen LogP) is 4.44. The van der Waals surface area contributed by atoms with Crippen LogP contribution in [0.1, 0.15) is 16.7 Å². The van der Waals surface area contributed by atoms with E-state index in [1.165, 1.54) is 24.3 Å². The second-order valence-electron chi connectivity index (χ2n) is 5.61. The molecule has 1 aromatic heterocycles. The lowest BCUT2D eigenvalue weighted by molar-refractivity contribution is -0.137. The van der Waals surface area contributed by atoms with Crippen LogP contribution in [0.5, 0.6) is 5.75 Å². The molecule has 2 aromatic carbocycles. The van der Waals surface area contributed by atoms with Crippen molar-refractivity contribution in [2.75, 3.05) is 5.32 Å². The SMILES string of the molecule is Cc1c(O)ccc2c(CNc3cccc(C(F)(F)F)c3)cc(=O)oc12. The van der Waals surface area contributed by atoms with Crippen molar-refractivity contribution in [3.05, 3.63) is 69.6 Å². The van der Waals surface area contributed by atoms with E-state index in [2.05, 4.69) is 5.32 Å². The zero-order chi connectivity index (χ0) is 18.2. The highest BCUT2D eigenvalue weighted by Crippen LogP contribution is 2.31. The van der Waals surface area contributed by atoms with Gasteiger partial charge in [0.2, 0.25) is 0 Å². The molecule has 130 valence electrons. The number of fused-ring (bicyclic) bond motifs is 1. The first-order chi connectivity index (χ1) is 11.8. The van der Waals surface area contributed by atoms with Gasteiger partial charge in [0, 0.05) is 29.2 Å². The molecule has 0 saturated carbocycles. The number of halogens is 3. The van der Waals surface area contributed by atoms with Crippen LogP contribution < -0.4 is 10.9 Å². The Balaban J connectivity index is 1.94. The van der Waals surface area contributed by atoms with Crippen molar-refractivity contribution in [3.63, 3.8) is 0 Å².